The summed E-state index contributed by atoms with van der Waals surface area (Å²) in [6.07, 6.45) is 0.577. The Balaban J connectivity index is 2.22. The average molecular weight is 337 g/mol. The third-order valence-corrected chi connectivity index (χ3v) is 4.48. The monoisotopic (exact) mass is 337 g/mol. The van der Waals surface area contributed by atoms with Crippen molar-refractivity contribution >= 4 is 16.8 Å². The van der Waals surface area contributed by atoms with Gasteiger partial charge in [-0.15, -0.1) is 0 Å². The zero-order valence-electron chi connectivity index (χ0n) is 13.3. The first-order chi connectivity index (χ1) is 11.2. The smallest absolute Gasteiger partial charge is 0.387 e. The molecule has 0 unspecified atom stereocenters. The van der Waals surface area contributed by atoms with Gasteiger partial charge in [0, 0.05) is 6.54 Å². The Morgan fingerprint density at radius 1 is 1.46 bits per heavy atom. The molecule has 6 nitrogen and oxygen atoms in total. The number of carbonyl (C=O) groups excluding carboxylic acids is 1. The first-order valence-electron chi connectivity index (χ1n) is 7.49. The molecular formula is C16H17F2N3O3. The Labute approximate surface area is 136 Å². The molecule has 1 aromatic heterocycles. The van der Waals surface area contributed by atoms with Crippen LogP contribution in [-0.2, 0) is 11.3 Å². The predicted octanol–water partition coefficient (Wildman–Crippen LogP) is 2.00. The van der Waals surface area contributed by atoms with Crippen molar-refractivity contribution in [1.29, 1.82) is 0 Å². The summed E-state index contributed by atoms with van der Waals surface area (Å²) in [5.41, 5.74) is 5.04. The summed E-state index contributed by atoms with van der Waals surface area (Å²) >= 11 is 0. The number of aromatic nitrogens is 2. The van der Waals surface area contributed by atoms with Gasteiger partial charge in [-0.2, -0.15) is 8.78 Å². The highest BCUT2D eigenvalue weighted by molar-refractivity contribution is 5.84. The highest BCUT2D eigenvalue weighted by Crippen LogP contribution is 2.41. The summed E-state index contributed by atoms with van der Waals surface area (Å²) in [7, 11) is 0. The molecule has 1 atom stereocenters. The Kier molecular flexibility index (Phi) is 3.77. The first kappa shape index (κ1) is 16.4. The number of fused-ring (bicyclic) bond motifs is 2. The van der Waals surface area contributed by atoms with Gasteiger partial charge < -0.3 is 10.5 Å². The van der Waals surface area contributed by atoms with Gasteiger partial charge in [0.2, 0.25) is 5.91 Å². The average Bonchev–Trinajstić information content (AvgIpc) is 2.46. The normalized spacial score (nSPS) is 19.3. The van der Waals surface area contributed by atoms with E-state index in [0.29, 0.717) is 24.3 Å². The van der Waals surface area contributed by atoms with Gasteiger partial charge in [0.15, 0.2) is 0 Å². The fourth-order valence-corrected chi connectivity index (χ4v) is 3.24. The molecule has 3 rings (SSSR count). The maximum Gasteiger partial charge on any atom is 0.387 e. The van der Waals surface area contributed by atoms with Gasteiger partial charge in [0.05, 0.1) is 10.9 Å². The fraction of sp³-hybridized carbons (Fsp3) is 0.438. The van der Waals surface area contributed by atoms with Crippen molar-refractivity contribution in [2.45, 2.75) is 39.3 Å². The molecule has 2 N–H and O–H groups in total. The van der Waals surface area contributed by atoms with Crippen LogP contribution in [0.25, 0.3) is 10.9 Å². The van der Waals surface area contributed by atoms with Crippen molar-refractivity contribution in [2.75, 3.05) is 0 Å². The van der Waals surface area contributed by atoms with Crippen LogP contribution in [0.2, 0.25) is 0 Å². The molecule has 0 radical (unpaired) electrons. The highest BCUT2D eigenvalue weighted by atomic mass is 19.3. The lowest BCUT2D eigenvalue weighted by atomic mass is 9.73. The van der Waals surface area contributed by atoms with Crippen molar-refractivity contribution in [3.05, 3.63) is 34.4 Å². The lowest BCUT2D eigenvalue weighted by molar-refractivity contribution is -0.122. The van der Waals surface area contributed by atoms with Gasteiger partial charge in [0.1, 0.15) is 17.5 Å². The van der Waals surface area contributed by atoms with Crippen LogP contribution in [0.5, 0.6) is 5.75 Å². The van der Waals surface area contributed by atoms with Gasteiger partial charge in [-0.3, -0.25) is 14.2 Å². The first-order valence-corrected chi connectivity index (χ1v) is 7.49. The molecule has 2 heterocycles. The van der Waals surface area contributed by atoms with E-state index >= 15 is 0 Å². The number of alkyl halides is 2. The van der Waals surface area contributed by atoms with E-state index in [9.17, 15) is 18.4 Å². The summed E-state index contributed by atoms with van der Waals surface area (Å²) < 4.78 is 30.4. The molecule has 0 saturated carbocycles. The van der Waals surface area contributed by atoms with E-state index in [1.54, 1.807) is 0 Å². The molecule has 0 saturated heterocycles. The van der Waals surface area contributed by atoms with Crippen molar-refractivity contribution in [3.63, 3.8) is 0 Å². The Morgan fingerprint density at radius 2 is 2.17 bits per heavy atom. The summed E-state index contributed by atoms with van der Waals surface area (Å²) in [4.78, 5) is 29.1. The number of rotatable bonds is 3. The number of nitrogens with zero attached hydrogens (tertiary/aromatic N) is 2. The summed E-state index contributed by atoms with van der Waals surface area (Å²) in [5.74, 6) is -1.03. The van der Waals surface area contributed by atoms with E-state index < -0.39 is 29.4 Å². The summed E-state index contributed by atoms with van der Waals surface area (Å²) in [6.45, 7) is 1.22. The minimum Gasteiger partial charge on any atom is -0.435 e. The Morgan fingerprint density at radius 3 is 2.79 bits per heavy atom. The lowest BCUT2D eigenvalue weighted by Gasteiger charge is -2.37. The van der Waals surface area contributed by atoms with Crippen molar-refractivity contribution in [1.82, 2.24) is 9.55 Å². The van der Waals surface area contributed by atoms with Crippen LogP contribution in [-0.4, -0.2) is 22.1 Å². The Bertz CT molecular complexity index is 877. The zero-order valence-corrected chi connectivity index (χ0v) is 13.3. The van der Waals surface area contributed by atoms with Crippen LogP contribution in [0.1, 0.15) is 32.0 Å². The largest absolute Gasteiger partial charge is 0.435 e. The molecule has 1 aliphatic rings. The predicted molar refractivity (Wildman–Crippen MR) is 83.0 cm³/mol. The molecule has 0 bridgehead atoms. The second-order valence-electron chi connectivity index (χ2n) is 6.56. The third kappa shape index (κ3) is 2.61. The second kappa shape index (κ2) is 5.54. The van der Waals surface area contributed by atoms with E-state index in [4.69, 9.17) is 5.73 Å². The van der Waals surface area contributed by atoms with Crippen LogP contribution in [0.4, 0.5) is 8.78 Å². The molecule has 1 aromatic carbocycles. The number of halogens is 2. The minimum atomic E-state index is -2.98. The molecule has 0 fully saturated rings. The molecule has 1 aliphatic heterocycles. The molecule has 8 heteroatoms. The van der Waals surface area contributed by atoms with E-state index in [0.717, 1.165) is 0 Å². The quantitative estimate of drug-likeness (QED) is 0.928. The van der Waals surface area contributed by atoms with Crippen LogP contribution in [0.3, 0.4) is 0 Å². The topological polar surface area (TPSA) is 87.2 Å². The van der Waals surface area contributed by atoms with Gasteiger partial charge >= 0.3 is 6.61 Å². The molecule has 128 valence electrons. The maximum atomic E-state index is 12.7. The van der Waals surface area contributed by atoms with Gasteiger partial charge in [-0.1, -0.05) is 13.8 Å². The molecule has 0 aliphatic carbocycles. The summed E-state index contributed by atoms with van der Waals surface area (Å²) in [5, 5.41) is 0.167. The number of hydrogen-bond donors (Lipinski definition) is 1. The molecule has 1 amide bonds. The number of nitrogens with two attached hydrogens (primary N) is 1. The van der Waals surface area contributed by atoms with Gasteiger partial charge in [-0.25, -0.2) is 4.98 Å². The van der Waals surface area contributed by atoms with Crippen LogP contribution >= 0.6 is 0 Å². The maximum absolute atomic E-state index is 12.7. The second-order valence-corrected chi connectivity index (χ2v) is 6.56. The number of benzene rings is 1. The number of carbonyl (C=O) groups is 1. The number of amides is 1. The number of ether oxygens (including phenoxy) is 1. The van der Waals surface area contributed by atoms with Crippen molar-refractivity contribution < 1.29 is 18.3 Å². The number of hydrogen-bond acceptors (Lipinski definition) is 4. The van der Waals surface area contributed by atoms with E-state index in [1.165, 1.54) is 22.8 Å². The summed E-state index contributed by atoms with van der Waals surface area (Å²) in [6, 6.07) is 3.98. The Hall–Kier alpha value is -2.51. The zero-order chi connectivity index (χ0) is 17.6. The standard InChI is InChI=1S/C16H17F2N3O3/c1-16(2)5-6-21-13(11(16)12(19)22)20-10-4-3-8(24-15(17)18)7-9(10)14(21)23/h3-4,7,11,15H,5-6H2,1-2H3,(H2,19,22)/t11-/m1/s1. The molecule has 0 spiro atoms. The highest BCUT2D eigenvalue weighted by Gasteiger charge is 2.41. The number of primary amides is 1. The van der Waals surface area contributed by atoms with Crippen molar-refractivity contribution in [3.8, 4) is 5.75 Å². The van der Waals surface area contributed by atoms with E-state index in [-0.39, 0.29) is 11.1 Å². The lowest BCUT2D eigenvalue weighted by Crippen LogP contribution is -2.44. The van der Waals surface area contributed by atoms with Gasteiger partial charge in [0.25, 0.3) is 5.56 Å². The SMILES string of the molecule is CC1(C)CCn2c(nc3ccc(OC(F)F)cc3c2=O)[C@H]1C(N)=O. The molecule has 24 heavy (non-hydrogen) atoms. The van der Waals surface area contributed by atoms with Crippen LogP contribution < -0.4 is 16.0 Å². The fourth-order valence-electron chi connectivity index (χ4n) is 3.24. The van der Waals surface area contributed by atoms with Crippen LogP contribution in [0, 0.1) is 5.41 Å². The van der Waals surface area contributed by atoms with E-state index in [1.807, 2.05) is 13.8 Å². The third-order valence-electron chi connectivity index (χ3n) is 4.48. The molecular weight excluding hydrogens is 320 g/mol. The minimum absolute atomic E-state index is 0.112. The molecule has 2 aromatic rings. The van der Waals surface area contributed by atoms with Crippen molar-refractivity contribution in [2.24, 2.45) is 11.1 Å². The van der Waals surface area contributed by atoms with Gasteiger partial charge in [-0.05, 0) is 30.0 Å². The van der Waals surface area contributed by atoms with E-state index in [2.05, 4.69) is 9.72 Å². The van der Waals surface area contributed by atoms with Crippen LogP contribution in [0.15, 0.2) is 23.0 Å².